The summed E-state index contributed by atoms with van der Waals surface area (Å²) in [5.74, 6) is 0.432. The zero-order valence-corrected chi connectivity index (χ0v) is 19.2. The first kappa shape index (κ1) is 23.2. The smallest absolute Gasteiger partial charge is 0.204 e. The van der Waals surface area contributed by atoms with Gasteiger partial charge in [0.25, 0.3) is 0 Å². The van der Waals surface area contributed by atoms with Crippen molar-refractivity contribution in [1.82, 2.24) is 0 Å². The molecule has 36 heavy (non-hydrogen) atoms. The first-order chi connectivity index (χ1) is 17.3. The van der Waals surface area contributed by atoms with Crippen LogP contribution in [0.1, 0.15) is 11.7 Å². The van der Waals surface area contributed by atoms with Crippen LogP contribution in [0.2, 0.25) is 0 Å². The summed E-state index contributed by atoms with van der Waals surface area (Å²) in [4.78, 5) is 12.7. The zero-order chi connectivity index (χ0) is 25.6. The molecule has 2 heterocycles. The highest BCUT2D eigenvalue weighted by molar-refractivity contribution is 5.86. The third-order valence-electron chi connectivity index (χ3n) is 5.89. The van der Waals surface area contributed by atoms with E-state index in [1.165, 1.54) is 32.4 Å². The van der Waals surface area contributed by atoms with Gasteiger partial charge in [-0.15, -0.1) is 0 Å². The van der Waals surface area contributed by atoms with E-state index in [9.17, 15) is 25.2 Å². The van der Waals surface area contributed by atoms with Crippen molar-refractivity contribution >= 4 is 11.0 Å². The van der Waals surface area contributed by atoms with Crippen molar-refractivity contribution in [3.8, 4) is 51.6 Å². The number of aliphatic hydroxyl groups is 1. The number of methoxy groups -OCH3 is 2. The van der Waals surface area contributed by atoms with Crippen molar-refractivity contribution in [1.29, 1.82) is 0 Å². The molecule has 5 rings (SSSR count). The first-order valence-electron chi connectivity index (χ1n) is 10.9. The van der Waals surface area contributed by atoms with Crippen LogP contribution in [0.15, 0.2) is 57.7 Å². The molecule has 0 spiro atoms. The maximum absolute atomic E-state index is 12.7. The summed E-state index contributed by atoms with van der Waals surface area (Å²) in [7, 11) is 2.85. The number of ether oxygens (including phenoxy) is 4. The number of phenolic OH excluding ortho intramolecular Hbond substituents is 3. The highest BCUT2D eigenvalue weighted by Crippen LogP contribution is 2.48. The highest BCUT2D eigenvalue weighted by atomic mass is 16.6. The van der Waals surface area contributed by atoms with Crippen molar-refractivity contribution in [3.63, 3.8) is 0 Å². The number of hydrogen-bond donors (Lipinski definition) is 4. The van der Waals surface area contributed by atoms with E-state index in [-0.39, 0.29) is 57.8 Å². The average molecular weight is 494 g/mol. The summed E-state index contributed by atoms with van der Waals surface area (Å²) in [6.45, 7) is -0.370. The van der Waals surface area contributed by atoms with E-state index >= 15 is 0 Å². The third-order valence-corrected chi connectivity index (χ3v) is 5.89. The number of hydrogen-bond acceptors (Lipinski definition) is 10. The van der Waals surface area contributed by atoms with E-state index in [2.05, 4.69) is 0 Å². The molecule has 10 nitrogen and oxygen atoms in total. The van der Waals surface area contributed by atoms with Crippen LogP contribution >= 0.6 is 0 Å². The molecule has 0 fully saturated rings. The van der Waals surface area contributed by atoms with E-state index in [4.69, 9.17) is 23.4 Å². The third kappa shape index (κ3) is 3.87. The molecule has 0 saturated carbocycles. The molecule has 0 unspecified atom stereocenters. The van der Waals surface area contributed by atoms with Gasteiger partial charge in [-0.05, 0) is 24.3 Å². The maximum Gasteiger partial charge on any atom is 0.204 e. The summed E-state index contributed by atoms with van der Waals surface area (Å²) >= 11 is 0. The molecular weight excluding hydrogens is 472 g/mol. The van der Waals surface area contributed by atoms with E-state index in [1.807, 2.05) is 0 Å². The minimum Gasteiger partial charge on any atom is -0.508 e. The SMILES string of the molecule is COc1cc([C@H]2Oc3cc(-c4cc(=O)c5c(O)cc(O)cc5o4)cc(OC)c3O[C@@H]2CO)ccc1O. The van der Waals surface area contributed by atoms with Gasteiger partial charge in [-0.1, -0.05) is 6.07 Å². The van der Waals surface area contributed by atoms with Gasteiger partial charge in [-0.25, -0.2) is 0 Å². The lowest BCUT2D eigenvalue weighted by molar-refractivity contribution is -0.0141. The fourth-order valence-electron chi connectivity index (χ4n) is 4.18. The number of benzene rings is 3. The Balaban J connectivity index is 1.62. The van der Waals surface area contributed by atoms with Gasteiger partial charge in [0.1, 0.15) is 28.2 Å². The second kappa shape index (κ2) is 8.90. The highest BCUT2D eigenvalue weighted by Gasteiger charge is 2.35. The van der Waals surface area contributed by atoms with Gasteiger partial charge in [-0.2, -0.15) is 0 Å². The summed E-state index contributed by atoms with van der Waals surface area (Å²) in [5, 5.41) is 39.7. The Morgan fingerprint density at radius 3 is 2.39 bits per heavy atom. The number of rotatable bonds is 5. The molecule has 0 radical (unpaired) electrons. The van der Waals surface area contributed by atoms with Crippen LogP contribution < -0.4 is 24.4 Å². The minimum atomic E-state index is -0.795. The molecule has 0 bridgehead atoms. The van der Waals surface area contributed by atoms with Crippen molar-refractivity contribution in [3.05, 3.63) is 64.3 Å². The minimum absolute atomic E-state index is 0.00161. The second-order valence-electron chi connectivity index (χ2n) is 8.13. The molecular formula is C26H22O10. The van der Waals surface area contributed by atoms with Gasteiger partial charge in [0.05, 0.1) is 20.8 Å². The van der Waals surface area contributed by atoms with E-state index in [0.29, 0.717) is 11.1 Å². The molecule has 4 N–H and O–H groups in total. The van der Waals surface area contributed by atoms with Crippen LogP contribution in [-0.4, -0.2) is 47.4 Å². The maximum atomic E-state index is 12.7. The zero-order valence-electron chi connectivity index (χ0n) is 19.2. The van der Waals surface area contributed by atoms with Gasteiger partial charge < -0.3 is 43.8 Å². The Morgan fingerprint density at radius 2 is 1.67 bits per heavy atom. The molecule has 10 heteroatoms. The number of aliphatic hydroxyl groups excluding tert-OH is 1. The van der Waals surface area contributed by atoms with Crippen LogP contribution in [0, 0.1) is 0 Å². The van der Waals surface area contributed by atoms with Crippen molar-refractivity contribution in [2.75, 3.05) is 20.8 Å². The van der Waals surface area contributed by atoms with Crippen molar-refractivity contribution in [2.24, 2.45) is 0 Å². The van der Waals surface area contributed by atoms with Gasteiger partial charge >= 0.3 is 0 Å². The molecule has 0 aliphatic carbocycles. The Hall–Kier alpha value is -4.57. The fourth-order valence-corrected chi connectivity index (χ4v) is 4.18. The molecule has 3 aromatic carbocycles. The van der Waals surface area contributed by atoms with Gasteiger partial charge in [0.15, 0.2) is 40.6 Å². The Bertz CT molecular complexity index is 1520. The summed E-state index contributed by atoms with van der Waals surface area (Å²) in [6.07, 6.45) is -1.56. The molecule has 0 saturated heterocycles. The first-order valence-corrected chi connectivity index (χ1v) is 10.9. The van der Waals surface area contributed by atoms with Crippen LogP contribution in [0.3, 0.4) is 0 Å². The lowest BCUT2D eigenvalue weighted by Crippen LogP contribution is -2.36. The molecule has 4 aromatic rings. The van der Waals surface area contributed by atoms with Crippen LogP contribution in [0.4, 0.5) is 0 Å². The summed E-state index contributed by atoms with van der Waals surface area (Å²) in [5.41, 5.74) is 0.479. The predicted molar refractivity (Wildman–Crippen MR) is 127 cm³/mol. The fraction of sp³-hybridized carbons (Fsp3) is 0.192. The lowest BCUT2D eigenvalue weighted by Gasteiger charge is -2.34. The van der Waals surface area contributed by atoms with Gasteiger partial charge in [0.2, 0.25) is 5.75 Å². The van der Waals surface area contributed by atoms with Crippen LogP contribution in [0.5, 0.6) is 40.2 Å². The number of fused-ring (bicyclic) bond motifs is 2. The summed E-state index contributed by atoms with van der Waals surface area (Å²) < 4.78 is 28.7. The quantitative estimate of drug-likeness (QED) is 0.325. The van der Waals surface area contributed by atoms with Crippen molar-refractivity contribution in [2.45, 2.75) is 12.2 Å². The van der Waals surface area contributed by atoms with Crippen LogP contribution in [-0.2, 0) is 0 Å². The standard InChI is InChI=1S/C26H22O10/c1-32-19-5-12(3-4-15(19)29)25-23(11-27)36-26-21(33-2)6-13(7-22(26)35-25)18-10-17(31)24-16(30)8-14(28)9-20(24)34-18/h3-10,23,25,27-30H,11H2,1-2H3/t23-,25-/m1/s1. The van der Waals surface area contributed by atoms with Crippen molar-refractivity contribution < 1.29 is 43.8 Å². The normalized spacial score (nSPS) is 16.6. The Labute approximate surface area is 204 Å². The van der Waals surface area contributed by atoms with E-state index in [1.54, 1.807) is 24.3 Å². The Morgan fingerprint density at radius 1 is 0.889 bits per heavy atom. The lowest BCUT2D eigenvalue weighted by atomic mass is 10.0. The number of aromatic hydroxyl groups is 3. The second-order valence-corrected chi connectivity index (χ2v) is 8.13. The average Bonchev–Trinajstić information content (AvgIpc) is 2.86. The predicted octanol–water partition coefficient (Wildman–Crippen LogP) is 3.47. The Kier molecular flexibility index (Phi) is 5.73. The summed E-state index contributed by atoms with van der Waals surface area (Å²) in [6, 6.07) is 11.3. The topological polar surface area (TPSA) is 148 Å². The molecule has 1 aliphatic heterocycles. The van der Waals surface area contributed by atoms with Crippen LogP contribution in [0.25, 0.3) is 22.3 Å². The number of phenols is 3. The van der Waals surface area contributed by atoms with Gasteiger partial charge in [-0.3, -0.25) is 4.79 Å². The molecule has 0 amide bonds. The van der Waals surface area contributed by atoms with E-state index < -0.39 is 23.4 Å². The molecule has 2 atom stereocenters. The molecule has 1 aliphatic rings. The molecule has 1 aromatic heterocycles. The van der Waals surface area contributed by atoms with Gasteiger partial charge in [0, 0.05) is 29.3 Å². The van der Waals surface area contributed by atoms with E-state index in [0.717, 1.165) is 6.07 Å². The monoisotopic (exact) mass is 494 g/mol. The largest absolute Gasteiger partial charge is 0.508 e. The molecule has 186 valence electrons.